The van der Waals surface area contributed by atoms with Gasteiger partial charge < -0.3 is 4.90 Å². The lowest BCUT2D eigenvalue weighted by Gasteiger charge is -2.19. The summed E-state index contributed by atoms with van der Waals surface area (Å²) in [5.74, 6) is -0.569. The molecule has 0 fully saturated rings. The van der Waals surface area contributed by atoms with Crippen molar-refractivity contribution in [3.63, 3.8) is 0 Å². The van der Waals surface area contributed by atoms with E-state index in [4.69, 9.17) is 0 Å². The Kier molecular flexibility index (Phi) is 5.61. The monoisotopic (exact) mass is 383 g/mol. The SMILES string of the molecule is C=CCN(CC=C)C(=O)Cn1cnc2scc(-c3ccc(F)cc3)c2c1=O. The molecule has 0 aliphatic carbocycles. The molecule has 2 heterocycles. The van der Waals surface area contributed by atoms with Crippen molar-refractivity contribution in [2.45, 2.75) is 6.54 Å². The van der Waals surface area contributed by atoms with Gasteiger partial charge in [-0.2, -0.15) is 0 Å². The normalized spacial score (nSPS) is 10.7. The number of thiophene rings is 1. The molecule has 0 N–H and O–H groups in total. The molecule has 0 spiro atoms. The lowest BCUT2D eigenvalue weighted by molar-refractivity contribution is -0.130. The highest BCUT2D eigenvalue weighted by atomic mass is 32.1. The van der Waals surface area contributed by atoms with Gasteiger partial charge in [-0.3, -0.25) is 14.2 Å². The molecular formula is C20H18FN3O2S. The van der Waals surface area contributed by atoms with Crippen LogP contribution in [0.5, 0.6) is 0 Å². The van der Waals surface area contributed by atoms with Gasteiger partial charge in [0.15, 0.2) is 0 Å². The highest BCUT2D eigenvalue weighted by molar-refractivity contribution is 7.17. The summed E-state index contributed by atoms with van der Waals surface area (Å²) in [4.78, 5) is 31.9. The number of aromatic nitrogens is 2. The molecule has 2 aromatic heterocycles. The van der Waals surface area contributed by atoms with Gasteiger partial charge in [0, 0.05) is 24.0 Å². The molecule has 138 valence electrons. The number of nitrogens with zero attached hydrogens (tertiary/aromatic N) is 3. The van der Waals surface area contributed by atoms with Crippen LogP contribution in [0.15, 0.2) is 66.1 Å². The van der Waals surface area contributed by atoms with Crippen molar-refractivity contribution in [3.05, 3.63) is 77.5 Å². The number of carbonyl (C=O) groups excluding carboxylic acids is 1. The Morgan fingerprint density at radius 3 is 2.52 bits per heavy atom. The first-order chi connectivity index (χ1) is 13.0. The summed E-state index contributed by atoms with van der Waals surface area (Å²) in [7, 11) is 0. The van der Waals surface area contributed by atoms with Crippen molar-refractivity contribution >= 4 is 27.5 Å². The topological polar surface area (TPSA) is 55.2 Å². The van der Waals surface area contributed by atoms with E-state index in [1.54, 1.807) is 29.2 Å². The van der Waals surface area contributed by atoms with Crippen LogP contribution in [0.1, 0.15) is 0 Å². The molecule has 7 heteroatoms. The lowest BCUT2D eigenvalue weighted by Crippen LogP contribution is -2.36. The summed E-state index contributed by atoms with van der Waals surface area (Å²) < 4.78 is 14.5. The maximum atomic E-state index is 13.2. The minimum Gasteiger partial charge on any atom is -0.334 e. The zero-order chi connectivity index (χ0) is 19.4. The fraction of sp³-hybridized carbons (Fsp3) is 0.150. The van der Waals surface area contributed by atoms with E-state index in [-0.39, 0.29) is 23.8 Å². The third-order valence-electron chi connectivity index (χ3n) is 4.07. The molecule has 0 atom stereocenters. The molecule has 1 aromatic carbocycles. The zero-order valence-corrected chi connectivity index (χ0v) is 15.4. The third-order valence-corrected chi connectivity index (χ3v) is 4.96. The summed E-state index contributed by atoms with van der Waals surface area (Å²) in [5.41, 5.74) is 1.11. The molecule has 5 nitrogen and oxygen atoms in total. The number of carbonyl (C=O) groups is 1. The maximum Gasteiger partial charge on any atom is 0.263 e. The first-order valence-corrected chi connectivity index (χ1v) is 9.15. The highest BCUT2D eigenvalue weighted by Crippen LogP contribution is 2.30. The van der Waals surface area contributed by atoms with Crippen molar-refractivity contribution in [2.24, 2.45) is 0 Å². The number of benzene rings is 1. The van der Waals surface area contributed by atoms with Gasteiger partial charge in [0.2, 0.25) is 5.91 Å². The number of hydrogen-bond donors (Lipinski definition) is 0. The molecule has 0 bridgehead atoms. The van der Waals surface area contributed by atoms with Crippen LogP contribution < -0.4 is 5.56 Å². The van der Waals surface area contributed by atoms with E-state index in [2.05, 4.69) is 18.1 Å². The van der Waals surface area contributed by atoms with Gasteiger partial charge in [-0.15, -0.1) is 24.5 Å². The summed E-state index contributed by atoms with van der Waals surface area (Å²) in [6, 6.07) is 5.93. The molecule has 27 heavy (non-hydrogen) atoms. The second kappa shape index (κ2) is 8.09. The fourth-order valence-corrected chi connectivity index (χ4v) is 3.66. The predicted octanol–water partition coefficient (Wildman–Crippen LogP) is 3.46. The van der Waals surface area contributed by atoms with Crippen LogP contribution in [0.2, 0.25) is 0 Å². The minimum atomic E-state index is -0.344. The van der Waals surface area contributed by atoms with Crippen LogP contribution in [0, 0.1) is 5.82 Å². The average Bonchev–Trinajstić information content (AvgIpc) is 3.09. The number of fused-ring (bicyclic) bond motifs is 1. The van der Waals surface area contributed by atoms with Crippen LogP contribution in [0.3, 0.4) is 0 Å². The third kappa shape index (κ3) is 3.88. The molecule has 1 amide bonds. The van der Waals surface area contributed by atoms with E-state index >= 15 is 0 Å². The van der Waals surface area contributed by atoms with Crippen LogP contribution >= 0.6 is 11.3 Å². The molecule has 3 rings (SSSR count). The quantitative estimate of drug-likeness (QED) is 0.587. The Labute approximate surface area is 159 Å². The summed E-state index contributed by atoms with van der Waals surface area (Å²) in [6.07, 6.45) is 4.63. The van der Waals surface area contributed by atoms with Gasteiger partial charge in [0.25, 0.3) is 5.56 Å². The van der Waals surface area contributed by atoms with E-state index in [0.29, 0.717) is 28.9 Å². The van der Waals surface area contributed by atoms with E-state index in [0.717, 1.165) is 5.56 Å². The average molecular weight is 383 g/mol. The van der Waals surface area contributed by atoms with Gasteiger partial charge in [-0.25, -0.2) is 9.37 Å². The Balaban J connectivity index is 1.99. The second-order valence-electron chi connectivity index (χ2n) is 5.89. The number of hydrogen-bond acceptors (Lipinski definition) is 4. The van der Waals surface area contributed by atoms with Gasteiger partial charge >= 0.3 is 0 Å². The highest BCUT2D eigenvalue weighted by Gasteiger charge is 2.17. The molecular weight excluding hydrogens is 365 g/mol. The van der Waals surface area contributed by atoms with Crippen LogP contribution in [0.4, 0.5) is 4.39 Å². The van der Waals surface area contributed by atoms with Crippen molar-refractivity contribution < 1.29 is 9.18 Å². The van der Waals surface area contributed by atoms with Crippen molar-refractivity contribution in [3.8, 4) is 11.1 Å². The van der Waals surface area contributed by atoms with Crippen molar-refractivity contribution in [1.29, 1.82) is 0 Å². The van der Waals surface area contributed by atoms with Crippen molar-refractivity contribution in [1.82, 2.24) is 14.5 Å². The van der Waals surface area contributed by atoms with Gasteiger partial charge in [0.1, 0.15) is 17.2 Å². The zero-order valence-electron chi connectivity index (χ0n) is 14.6. The van der Waals surface area contributed by atoms with Gasteiger partial charge in [0.05, 0.1) is 11.7 Å². The Morgan fingerprint density at radius 2 is 1.89 bits per heavy atom. The van der Waals surface area contributed by atoms with Crippen molar-refractivity contribution in [2.75, 3.05) is 13.1 Å². The molecule has 0 saturated heterocycles. The van der Waals surface area contributed by atoms with Crippen LogP contribution in [-0.2, 0) is 11.3 Å². The second-order valence-corrected chi connectivity index (χ2v) is 6.75. The summed E-state index contributed by atoms with van der Waals surface area (Å²) in [6.45, 7) is 7.90. The molecule has 3 aromatic rings. The number of rotatable bonds is 7. The molecule has 0 aliphatic heterocycles. The van der Waals surface area contributed by atoms with E-state index in [1.807, 2.05) is 5.38 Å². The predicted molar refractivity (Wildman–Crippen MR) is 106 cm³/mol. The molecule has 0 unspecified atom stereocenters. The van der Waals surface area contributed by atoms with Crippen LogP contribution in [-0.4, -0.2) is 33.4 Å². The van der Waals surface area contributed by atoms with E-state index < -0.39 is 0 Å². The fourth-order valence-electron chi connectivity index (χ4n) is 2.76. The van der Waals surface area contributed by atoms with Gasteiger partial charge in [-0.05, 0) is 17.7 Å². The minimum absolute atomic E-state index is 0.123. The largest absolute Gasteiger partial charge is 0.334 e. The molecule has 0 radical (unpaired) electrons. The van der Waals surface area contributed by atoms with E-state index in [9.17, 15) is 14.0 Å². The summed E-state index contributed by atoms with van der Waals surface area (Å²) >= 11 is 1.34. The Bertz CT molecular complexity index is 1040. The Hall–Kier alpha value is -3.06. The number of amides is 1. The molecule has 0 aliphatic rings. The first kappa shape index (κ1) is 18.7. The van der Waals surface area contributed by atoms with E-state index in [1.165, 1.54) is 34.4 Å². The van der Waals surface area contributed by atoms with Gasteiger partial charge in [-0.1, -0.05) is 24.3 Å². The molecule has 0 saturated carbocycles. The summed E-state index contributed by atoms with van der Waals surface area (Å²) in [5, 5.41) is 2.25. The first-order valence-electron chi connectivity index (χ1n) is 8.27. The Morgan fingerprint density at radius 1 is 1.22 bits per heavy atom. The lowest BCUT2D eigenvalue weighted by atomic mass is 10.1. The van der Waals surface area contributed by atoms with Crippen LogP contribution in [0.25, 0.3) is 21.3 Å². The standard InChI is InChI=1S/C20H18FN3O2S/c1-3-9-23(10-4-2)17(25)11-24-13-22-19-18(20(24)26)16(12-27-19)14-5-7-15(21)8-6-14/h3-8,12-13H,1-2,9-11H2. The smallest absolute Gasteiger partial charge is 0.263 e. The number of halogens is 1. The maximum absolute atomic E-state index is 13.2.